The molecular weight excluding hydrogens is 428 g/mol. The third-order valence-corrected chi connectivity index (χ3v) is 5.95. The first-order valence-electron chi connectivity index (χ1n) is 10.1. The fourth-order valence-electron chi connectivity index (χ4n) is 4.00. The Hall–Kier alpha value is -3.52. The Morgan fingerprint density at radius 1 is 1.22 bits per heavy atom. The van der Waals surface area contributed by atoms with Crippen LogP contribution in [-0.2, 0) is 13.6 Å². The van der Waals surface area contributed by atoms with Gasteiger partial charge in [-0.1, -0.05) is 35.9 Å². The Labute approximate surface area is 190 Å². The number of benzene rings is 2. The zero-order valence-electron chi connectivity index (χ0n) is 17.9. The molecule has 6 nitrogen and oxygen atoms in total. The molecule has 2 aromatic carbocycles. The smallest absolute Gasteiger partial charge is 0.219 e. The average Bonchev–Trinajstić information content (AvgIpc) is 3.33. The van der Waals surface area contributed by atoms with Crippen molar-refractivity contribution in [1.82, 2.24) is 19.5 Å². The van der Waals surface area contributed by atoms with Gasteiger partial charge < -0.3 is 19.1 Å². The lowest BCUT2D eigenvalue weighted by Crippen LogP contribution is -2.20. The highest BCUT2D eigenvalue weighted by atomic mass is 35.5. The number of fused-ring (bicyclic) bond motifs is 3. The second-order valence-electron chi connectivity index (χ2n) is 7.74. The Morgan fingerprint density at radius 2 is 2.00 bits per heavy atom. The molecule has 0 spiro atoms. The maximum absolute atomic E-state index is 13.8. The molecule has 0 saturated heterocycles. The Kier molecular flexibility index (Phi) is 5.02. The van der Waals surface area contributed by atoms with Crippen LogP contribution in [0.15, 0.2) is 54.9 Å². The van der Waals surface area contributed by atoms with Crippen molar-refractivity contribution in [1.29, 1.82) is 0 Å². The lowest BCUT2D eigenvalue weighted by Gasteiger charge is -2.20. The van der Waals surface area contributed by atoms with Crippen LogP contribution in [0.25, 0.3) is 33.3 Å². The number of aryl methyl sites for hydroxylation is 1. The molecular formula is C23H20BClFN5O. The molecule has 0 fully saturated rings. The number of ether oxygens (including phenoxy) is 1. The van der Waals surface area contributed by atoms with E-state index in [2.05, 4.69) is 9.97 Å². The van der Waals surface area contributed by atoms with Crippen LogP contribution < -0.4 is 9.55 Å². The molecule has 0 aliphatic heterocycles. The van der Waals surface area contributed by atoms with Crippen LogP contribution in [0, 0.1) is 5.82 Å². The van der Waals surface area contributed by atoms with Crippen LogP contribution in [0.5, 0.6) is 5.75 Å². The molecule has 0 aliphatic rings. The number of hydrogen-bond donors (Lipinski definition) is 1. The quantitative estimate of drug-likeness (QED) is 0.404. The topological polar surface area (TPSA) is 59.0 Å². The van der Waals surface area contributed by atoms with Crippen molar-refractivity contribution in [3.05, 3.63) is 71.3 Å². The van der Waals surface area contributed by atoms with Crippen LogP contribution in [0.3, 0.4) is 0 Å². The normalized spacial score (nSPS) is 11.4. The van der Waals surface area contributed by atoms with Crippen molar-refractivity contribution < 1.29 is 9.13 Å². The molecule has 3 heterocycles. The van der Waals surface area contributed by atoms with Gasteiger partial charge in [0.05, 0.1) is 35.1 Å². The second-order valence-corrected chi connectivity index (χ2v) is 8.12. The summed E-state index contributed by atoms with van der Waals surface area (Å²) in [5, 5.41) is 1.26. The van der Waals surface area contributed by atoms with E-state index in [1.54, 1.807) is 19.5 Å². The molecule has 0 unspecified atom stereocenters. The monoisotopic (exact) mass is 447 g/mol. The Bertz CT molecular complexity index is 1450. The maximum atomic E-state index is 13.8. The maximum Gasteiger partial charge on any atom is 0.219 e. The first-order valence-corrected chi connectivity index (χ1v) is 10.5. The Morgan fingerprint density at radius 3 is 2.72 bits per heavy atom. The van der Waals surface area contributed by atoms with Crippen LogP contribution >= 0.6 is 11.6 Å². The highest BCUT2D eigenvalue weighted by Crippen LogP contribution is 2.40. The minimum absolute atomic E-state index is 0.323. The Balaban J connectivity index is 1.64. The van der Waals surface area contributed by atoms with Crippen molar-refractivity contribution >= 4 is 47.5 Å². The lowest BCUT2D eigenvalue weighted by atomic mass is 10.1. The van der Waals surface area contributed by atoms with Gasteiger partial charge in [-0.05, 0) is 29.8 Å². The number of H-pyrrole nitrogens is 1. The van der Waals surface area contributed by atoms with Crippen LogP contribution in [-0.4, -0.2) is 34.6 Å². The highest BCUT2D eigenvalue weighted by Gasteiger charge is 2.22. The SMILES string of the molecule is BN(Cc1ccc(OC)cc1)c1nc2[nH]c(-c3cccc(F)c3)c(Cl)c2c2c1ncn2C. The second kappa shape index (κ2) is 7.87. The summed E-state index contributed by atoms with van der Waals surface area (Å²) < 4.78 is 21.0. The fourth-order valence-corrected chi connectivity index (χ4v) is 4.34. The summed E-state index contributed by atoms with van der Waals surface area (Å²) in [7, 11) is 5.55. The summed E-state index contributed by atoms with van der Waals surface area (Å²) in [6.45, 7) is 0.638. The number of aromatic amines is 1. The van der Waals surface area contributed by atoms with E-state index in [4.69, 9.17) is 21.3 Å². The van der Waals surface area contributed by atoms with Crippen molar-refractivity contribution in [2.45, 2.75) is 6.54 Å². The van der Waals surface area contributed by atoms with Gasteiger partial charge in [-0.25, -0.2) is 14.4 Å². The van der Waals surface area contributed by atoms with Crippen LogP contribution in [0.1, 0.15) is 5.56 Å². The number of imidazole rings is 1. The van der Waals surface area contributed by atoms with Gasteiger partial charge in [0.1, 0.15) is 28.5 Å². The average molecular weight is 448 g/mol. The third kappa shape index (κ3) is 3.37. The van der Waals surface area contributed by atoms with Crippen molar-refractivity contribution in [2.24, 2.45) is 7.05 Å². The highest BCUT2D eigenvalue weighted by molar-refractivity contribution is 6.40. The zero-order valence-corrected chi connectivity index (χ0v) is 18.6. The van der Waals surface area contributed by atoms with Gasteiger partial charge in [-0.15, -0.1) is 0 Å². The number of pyridine rings is 1. The van der Waals surface area contributed by atoms with Crippen molar-refractivity contribution in [2.75, 3.05) is 11.9 Å². The predicted octanol–water partition coefficient (Wildman–Crippen LogP) is 4.47. The van der Waals surface area contributed by atoms with Gasteiger partial charge >= 0.3 is 0 Å². The van der Waals surface area contributed by atoms with Gasteiger partial charge in [0.15, 0.2) is 0 Å². The van der Waals surface area contributed by atoms with Gasteiger partial charge in [-0.2, -0.15) is 0 Å². The summed E-state index contributed by atoms with van der Waals surface area (Å²) in [4.78, 5) is 14.8. The van der Waals surface area contributed by atoms with E-state index in [1.807, 2.05) is 54.7 Å². The van der Waals surface area contributed by atoms with Gasteiger partial charge in [0.25, 0.3) is 0 Å². The number of methoxy groups -OCH3 is 1. The van der Waals surface area contributed by atoms with E-state index in [0.29, 0.717) is 28.5 Å². The fraction of sp³-hybridized carbons (Fsp3) is 0.130. The van der Waals surface area contributed by atoms with E-state index in [0.717, 1.165) is 33.6 Å². The molecule has 160 valence electrons. The number of nitrogens with one attached hydrogen (secondary N) is 1. The molecule has 0 radical (unpaired) electrons. The number of hydrogen-bond acceptors (Lipinski definition) is 4. The summed E-state index contributed by atoms with van der Waals surface area (Å²) >= 11 is 6.78. The minimum atomic E-state index is -0.323. The largest absolute Gasteiger partial charge is 0.497 e. The third-order valence-electron chi connectivity index (χ3n) is 5.58. The lowest BCUT2D eigenvalue weighted by molar-refractivity contribution is 0.414. The van der Waals surface area contributed by atoms with E-state index in [1.165, 1.54) is 12.1 Å². The number of anilines is 1. The first-order chi connectivity index (χ1) is 15.5. The van der Waals surface area contributed by atoms with Gasteiger partial charge in [0, 0.05) is 19.2 Å². The molecule has 3 aromatic heterocycles. The van der Waals surface area contributed by atoms with Crippen LogP contribution in [0.4, 0.5) is 10.2 Å². The van der Waals surface area contributed by atoms with Crippen molar-refractivity contribution in [3.8, 4) is 17.0 Å². The molecule has 0 amide bonds. The molecule has 9 heteroatoms. The molecule has 0 bridgehead atoms. The number of halogens is 2. The summed E-state index contributed by atoms with van der Waals surface area (Å²) in [5.41, 5.74) is 4.66. The standard InChI is InChI=1S/C23H20BClFN5O/c1-30-12-27-20-21(30)17-18(25)19(14-4-3-5-15(26)10-14)28-22(17)29-23(20)31(24)11-13-6-8-16(32-2)9-7-13/h3-10,12H,11,24H2,1-2H3,(H,28,29). The first kappa shape index (κ1) is 20.4. The molecule has 1 N–H and O–H groups in total. The predicted molar refractivity (Wildman–Crippen MR) is 128 cm³/mol. The summed E-state index contributed by atoms with van der Waals surface area (Å²) in [6.07, 6.45) is 1.75. The number of rotatable bonds is 5. The summed E-state index contributed by atoms with van der Waals surface area (Å²) in [6, 6.07) is 14.3. The number of aromatic nitrogens is 4. The van der Waals surface area contributed by atoms with Crippen molar-refractivity contribution in [3.63, 3.8) is 0 Å². The molecule has 0 aliphatic carbocycles. The summed E-state index contributed by atoms with van der Waals surface area (Å²) in [5.74, 6) is 1.22. The minimum Gasteiger partial charge on any atom is -0.497 e. The molecule has 5 aromatic rings. The van der Waals surface area contributed by atoms with E-state index >= 15 is 0 Å². The molecule has 0 atom stereocenters. The van der Waals surface area contributed by atoms with Crippen LogP contribution in [0.2, 0.25) is 5.02 Å². The number of nitrogens with zero attached hydrogens (tertiary/aromatic N) is 4. The molecule has 5 rings (SSSR count). The van der Waals surface area contributed by atoms with Gasteiger partial charge in [-0.3, -0.25) is 0 Å². The van der Waals surface area contributed by atoms with E-state index in [-0.39, 0.29) is 5.82 Å². The molecule has 32 heavy (non-hydrogen) atoms. The zero-order chi connectivity index (χ0) is 22.4. The van der Waals surface area contributed by atoms with E-state index in [9.17, 15) is 4.39 Å². The molecule has 0 saturated carbocycles. The van der Waals surface area contributed by atoms with Gasteiger partial charge in [0.2, 0.25) is 7.98 Å². The van der Waals surface area contributed by atoms with E-state index < -0.39 is 0 Å².